The van der Waals surface area contributed by atoms with Crippen LogP contribution in [0.15, 0.2) is 24.3 Å². The third-order valence-corrected chi connectivity index (χ3v) is 2.32. The molecule has 0 radical (unpaired) electrons. The second kappa shape index (κ2) is 4.28. The van der Waals surface area contributed by atoms with Crippen LogP contribution in [0.25, 0.3) is 5.69 Å². The van der Waals surface area contributed by atoms with Gasteiger partial charge in [-0.2, -0.15) is 4.68 Å². The fourth-order valence-corrected chi connectivity index (χ4v) is 1.52. The summed E-state index contributed by atoms with van der Waals surface area (Å²) >= 11 is 0. The Balaban J connectivity index is 2.60. The van der Waals surface area contributed by atoms with E-state index in [1.807, 2.05) is 13.8 Å². The summed E-state index contributed by atoms with van der Waals surface area (Å²) in [6, 6.07) is 6.39. The molecule has 17 heavy (non-hydrogen) atoms. The van der Waals surface area contributed by atoms with Gasteiger partial charge in [0.2, 0.25) is 0 Å². The van der Waals surface area contributed by atoms with E-state index in [0.29, 0.717) is 11.5 Å². The van der Waals surface area contributed by atoms with Gasteiger partial charge in [0.15, 0.2) is 5.82 Å². The number of rotatable bonds is 3. The number of tetrazole rings is 1. The fraction of sp³-hybridized carbons (Fsp3) is 0.300. The number of para-hydroxylation sites is 2. The van der Waals surface area contributed by atoms with Gasteiger partial charge in [-0.15, -0.1) is 5.10 Å². The highest BCUT2D eigenvalue weighted by Crippen LogP contribution is 2.23. The van der Waals surface area contributed by atoms with E-state index in [1.54, 1.807) is 18.2 Å². The van der Waals surface area contributed by atoms with Gasteiger partial charge in [0.25, 0.3) is 5.69 Å². The summed E-state index contributed by atoms with van der Waals surface area (Å²) in [7, 11) is 0. The molecule has 2 rings (SSSR count). The van der Waals surface area contributed by atoms with E-state index in [1.165, 1.54) is 10.7 Å². The Hall–Kier alpha value is -2.31. The van der Waals surface area contributed by atoms with Crippen LogP contribution >= 0.6 is 0 Å². The molecule has 1 heterocycles. The maximum absolute atomic E-state index is 10.9. The zero-order valence-corrected chi connectivity index (χ0v) is 9.44. The first-order valence-electron chi connectivity index (χ1n) is 5.13. The molecule has 2 aromatic rings. The molecule has 0 aliphatic heterocycles. The number of nitrogens with zero attached hydrogens (tertiary/aromatic N) is 5. The average Bonchev–Trinajstić information content (AvgIpc) is 2.77. The summed E-state index contributed by atoms with van der Waals surface area (Å²) in [5.74, 6) is 0.684. The van der Waals surface area contributed by atoms with Crippen molar-refractivity contribution in [2.75, 3.05) is 0 Å². The average molecular weight is 233 g/mol. The van der Waals surface area contributed by atoms with Crippen LogP contribution in [0.5, 0.6) is 0 Å². The predicted octanol–water partition coefficient (Wildman–Crippen LogP) is 1.69. The van der Waals surface area contributed by atoms with Crippen LogP contribution < -0.4 is 0 Å². The molecule has 7 nitrogen and oxygen atoms in total. The summed E-state index contributed by atoms with van der Waals surface area (Å²) < 4.78 is 1.41. The van der Waals surface area contributed by atoms with Crippen LogP contribution in [0, 0.1) is 10.1 Å². The van der Waals surface area contributed by atoms with Crippen molar-refractivity contribution in [3.05, 3.63) is 40.2 Å². The predicted molar refractivity (Wildman–Crippen MR) is 59.9 cm³/mol. The minimum absolute atomic E-state index is 0.0123. The fourth-order valence-electron chi connectivity index (χ4n) is 1.52. The molecule has 0 bridgehead atoms. The maximum atomic E-state index is 10.9. The molecule has 1 aromatic heterocycles. The van der Waals surface area contributed by atoms with Crippen molar-refractivity contribution in [1.82, 2.24) is 20.2 Å². The van der Waals surface area contributed by atoms with Crippen molar-refractivity contribution in [3.63, 3.8) is 0 Å². The van der Waals surface area contributed by atoms with Crippen molar-refractivity contribution in [1.29, 1.82) is 0 Å². The molecule has 0 saturated carbocycles. The van der Waals surface area contributed by atoms with Gasteiger partial charge in [-0.3, -0.25) is 10.1 Å². The van der Waals surface area contributed by atoms with Crippen LogP contribution in [0.2, 0.25) is 0 Å². The molecule has 0 spiro atoms. The van der Waals surface area contributed by atoms with Crippen LogP contribution in [0.1, 0.15) is 25.6 Å². The molecule has 0 fully saturated rings. The Kier molecular flexibility index (Phi) is 2.82. The van der Waals surface area contributed by atoms with Gasteiger partial charge in [-0.1, -0.05) is 26.0 Å². The third kappa shape index (κ3) is 1.99. The van der Waals surface area contributed by atoms with E-state index in [0.717, 1.165) is 0 Å². The molecular formula is C10H11N5O2. The Bertz CT molecular complexity index is 549. The molecule has 0 aliphatic carbocycles. The van der Waals surface area contributed by atoms with Gasteiger partial charge in [0.1, 0.15) is 5.69 Å². The van der Waals surface area contributed by atoms with Crippen LogP contribution in [-0.4, -0.2) is 25.1 Å². The number of hydrogen-bond donors (Lipinski definition) is 0. The monoisotopic (exact) mass is 233 g/mol. The van der Waals surface area contributed by atoms with Gasteiger partial charge in [-0.05, 0) is 16.5 Å². The molecule has 88 valence electrons. The van der Waals surface area contributed by atoms with Gasteiger partial charge in [-0.25, -0.2) is 0 Å². The van der Waals surface area contributed by atoms with Crippen LogP contribution in [-0.2, 0) is 0 Å². The maximum Gasteiger partial charge on any atom is 0.295 e. The SMILES string of the molecule is CC(C)c1nnnn1-c1ccccc1[N+](=O)[O-]. The molecule has 0 saturated heterocycles. The number of aromatic nitrogens is 4. The van der Waals surface area contributed by atoms with E-state index in [-0.39, 0.29) is 11.6 Å². The topological polar surface area (TPSA) is 86.7 Å². The minimum atomic E-state index is -0.443. The molecule has 0 amide bonds. The quantitative estimate of drug-likeness (QED) is 0.594. The molecule has 0 unspecified atom stereocenters. The zero-order valence-electron chi connectivity index (χ0n) is 9.44. The summed E-state index contributed by atoms with van der Waals surface area (Å²) in [5.41, 5.74) is 0.368. The first-order valence-corrected chi connectivity index (χ1v) is 5.13. The highest BCUT2D eigenvalue weighted by molar-refractivity contribution is 5.51. The van der Waals surface area contributed by atoms with E-state index in [4.69, 9.17) is 0 Å². The lowest BCUT2D eigenvalue weighted by molar-refractivity contribution is -0.384. The van der Waals surface area contributed by atoms with E-state index >= 15 is 0 Å². The Morgan fingerprint density at radius 2 is 2.06 bits per heavy atom. The zero-order chi connectivity index (χ0) is 12.4. The van der Waals surface area contributed by atoms with Gasteiger partial charge in [0.05, 0.1) is 4.92 Å². The Morgan fingerprint density at radius 3 is 2.71 bits per heavy atom. The third-order valence-electron chi connectivity index (χ3n) is 2.32. The van der Waals surface area contributed by atoms with Gasteiger partial charge < -0.3 is 0 Å². The molecular weight excluding hydrogens is 222 g/mol. The second-order valence-corrected chi connectivity index (χ2v) is 3.85. The lowest BCUT2D eigenvalue weighted by atomic mass is 10.2. The minimum Gasteiger partial charge on any atom is -0.258 e. The summed E-state index contributed by atoms with van der Waals surface area (Å²) in [6.07, 6.45) is 0. The smallest absolute Gasteiger partial charge is 0.258 e. The molecule has 7 heteroatoms. The number of nitro groups is 1. The lowest BCUT2D eigenvalue weighted by Crippen LogP contribution is -2.07. The summed E-state index contributed by atoms with van der Waals surface area (Å²) in [4.78, 5) is 10.5. The largest absolute Gasteiger partial charge is 0.295 e. The first kappa shape index (κ1) is 11.2. The second-order valence-electron chi connectivity index (χ2n) is 3.85. The van der Waals surface area contributed by atoms with Gasteiger partial charge >= 0.3 is 0 Å². The first-order chi connectivity index (χ1) is 8.11. The summed E-state index contributed by atoms with van der Waals surface area (Å²) in [6.45, 7) is 3.86. The van der Waals surface area contributed by atoms with Crippen LogP contribution in [0.3, 0.4) is 0 Å². The number of benzene rings is 1. The standard InChI is InChI=1S/C10H11N5O2/c1-7(2)10-11-12-13-14(10)8-5-3-4-6-9(8)15(16)17/h3-7H,1-2H3. The number of nitro benzene ring substituents is 1. The Morgan fingerprint density at radius 1 is 1.35 bits per heavy atom. The number of hydrogen-bond acceptors (Lipinski definition) is 5. The van der Waals surface area contributed by atoms with Crippen LogP contribution in [0.4, 0.5) is 5.69 Å². The van der Waals surface area contributed by atoms with E-state index in [9.17, 15) is 10.1 Å². The van der Waals surface area contributed by atoms with Crippen molar-refractivity contribution < 1.29 is 4.92 Å². The van der Waals surface area contributed by atoms with E-state index in [2.05, 4.69) is 15.5 Å². The molecule has 0 atom stereocenters. The van der Waals surface area contributed by atoms with E-state index < -0.39 is 4.92 Å². The van der Waals surface area contributed by atoms with Gasteiger partial charge in [0, 0.05) is 12.0 Å². The normalized spacial score (nSPS) is 10.8. The Labute approximate surface area is 97.2 Å². The van der Waals surface area contributed by atoms with Crippen molar-refractivity contribution in [2.45, 2.75) is 19.8 Å². The highest BCUT2D eigenvalue weighted by Gasteiger charge is 2.19. The highest BCUT2D eigenvalue weighted by atomic mass is 16.6. The molecule has 1 aromatic carbocycles. The van der Waals surface area contributed by atoms with Crippen molar-refractivity contribution >= 4 is 5.69 Å². The molecule has 0 N–H and O–H groups in total. The summed E-state index contributed by atoms with van der Waals surface area (Å²) in [5, 5.41) is 22.2. The molecule has 0 aliphatic rings. The van der Waals surface area contributed by atoms with Crippen molar-refractivity contribution in [3.8, 4) is 5.69 Å². The lowest BCUT2D eigenvalue weighted by Gasteiger charge is -2.06. The van der Waals surface area contributed by atoms with Crippen molar-refractivity contribution in [2.24, 2.45) is 0 Å².